The Bertz CT molecular complexity index is 1440. The van der Waals surface area contributed by atoms with Gasteiger partial charge in [-0.15, -0.1) is 0 Å². The fraction of sp³-hybridized carbons (Fsp3) is 0.143. The van der Waals surface area contributed by atoms with E-state index in [0.29, 0.717) is 34.7 Å². The Morgan fingerprint density at radius 1 is 0.971 bits per heavy atom. The number of nitrogens with one attached hydrogen (secondary N) is 1. The highest BCUT2D eigenvalue weighted by atomic mass is 19.1. The van der Waals surface area contributed by atoms with Gasteiger partial charge in [0.15, 0.2) is 0 Å². The zero-order valence-corrected chi connectivity index (χ0v) is 19.4. The van der Waals surface area contributed by atoms with Gasteiger partial charge in [-0.1, -0.05) is 12.1 Å². The maximum atomic E-state index is 13.6. The molecule has 0 fully saturated rings. The van der Waals surface area contributed by atoms with Crippen LogP contribution in [0.3, 0.4) is 0 Å². The zero-order chi connectivity index (χ0) is 24.5. The molecule has 0 spiro atoms. The van der Waals surface area contributed by atoms with Crippen molar-refractivity contribution in [3.8, 4) is 11.4 Å². The summed E-state index contributed by atoms with van der Waals surface area (Å²) in [6, 6.07) is 20.8. The summed E-state index contributed by atoms with van der Waals surface area (Å²) in [5, 5.41) is 2.80. The van der Waals surface area contributed by atoms with Gasteiger partial charge in [0.25, 0.3) is 11.8 Å². The average Bonchev–Trinajstić information content (AvgIpc) is 3.27. The summed E-state index contributed by atoms with van der Waals surface area (Å²) >= 11 is 0. The number of carbonyl (C=O) groups is 2. The van der Waals surface area contributed by atoms with E-state index in [1.807, 2.05) is 36.5 Å². The summed E-state index contributed by atoms with van der Waals surface area (Å²) < 4.78 is 21.0. The second-order valence-corrected chi connectivity index (χ2v) is 8.39. The van der Waals surface area contributed by atoms with Crippen molar-refractivity contribution in [3.05, 3.63) is 107 Å². The summed E-state index contributed by atoms with van der Waals surface area (Å²) in [4.78, 5) is 28.2. The summed E-state index contributed by atoms with van der Waals surface area (Å²) in [5.41, 5.74) is 4.67. The summed E-state index contributed by atoms with van der Waals surface area (Å²) in [6.45, 7) is 2.21. The van der Waals surface area contributed by atoms with Crippen molar-refractivity contribution < 1.29 is 18.7 Å². The van der Waals surface area contributed by atoms with Crippen LogP contribution in [0.15, 0.2) is 79.0 Å². The molecule has 1 N–H and O–H groups in total. The van der Waals surface area contributed by atoms with Gasteiger partial charge in [-0.2, -0.15) is 0 Å². The molecule has 0 saturated heterocycles. The number of hydrogen-bond donors (Lipinski definition) is 1. The van der Waals surface area contributed by atoms with E-state index >= 15 is 0 Å². The van der Waals surface area contributed by atoms with E-state index in [1.54, 1.807) is 30.0 Å². The largest absolute Gasteiger partial charge is 0.495 e. The van der Waals surface area contributed by atoms with E-state index in [0.717, 1.165) is 23.5 Å². The third kappa shape index (κ3) is 4.17. The predicted molar refractivity (Wildman–Crippen MR) is 133 cm³/mol. The van der Waals surface area contributed by atoms with Crippen LogP contribution in [0, 0.1) is 12.7 Å². The minimum absolute atomic E-state index is 0.159. The number of rotatable bonds is 4. The SMILES string of the molecule is COc1cc(C(=O)N2CCc3cccn3-c3ccccc32)ccc1NC(=O)c1ccc(F)cc1C. The highest BCUT2D eigenvalue weighted by molar-refractivity contribution is 6.09. The molecular weight excluding hydrogens is 445 g/mol. The fourth-order valence-electron chi connectivity index (χ4n) is 4.46. The number of aromatic nitrogens is 1. The molecule has 0 bridgehead atoms. The molecule has 3 aromatic carbocycles. The maximum absolute atomic E-state index is 13.6. The molecule has 0 saturated carbocycles. The Hall–Kier alpha value is -4.39. The lowest BCUT2D eigenvalue weighted by molar-refractivity contribution is 0.0986. The molecule has 0 aliphatic carbocycles. The van der Waals surface area contributed by atoms with Gasteiger partial charge in [-0.3, -0.25) is 9.59 Å². The topological polar surface area (TPSA) is 63.6 Å². The van der Waals surface area contributed by atoms with Crippen LogP contribution in [0.1, 0.15) is 32.0 Å². The van der Waals surface area contributed by atoms with Gasteiger partial charge in [0.2, 0.25) is 0 Å². The molecule has 6 nitrogen and oxygen atoms in total. The Labute approximate surface area is 202 Å². The lowest BCUT2D eigenvalue weighted by Gasteiger charge is -2.23. The molecule has 1 aromatic heterocycles. The van der Waals surface area contributed by atoms with Gasteiger partial charge in [0, 0.05) is 36.0 Å². The van der Waals surface area contributed by atoms with E-state index in [1.165, 1.54) is 25.3 Å². The second kappa shape index (κ2) is 9.10. The van der Waals surface area contributed by atoms with E-state index < -0.39 is 5.82 Å². The van der Waals surface area contributed by atoms with Crippen molar-refractivity contribution >= 4 is 23.2 Å². The molecule has 0 radical (unpaired) electrons. The van der Waals surface area contributed by atoms with Crippen LogP contribution in [0.2, 0.25) is 0 Å². The lowest BCUT2D eigenvalue weighted by Crippen LogP contribution is -2.32. The Kier molecular flexibility index (Phi) is 5.82. The minimum Gasteiger partial charge on any atom is -0.495 e. The number of hydrogen-bond acceptors (Lipinski definition) is 3. The molecule has 7 heteroatoms. The molecule has 4 aromatic rings. The molecule has 0 atom stereocenters. The number of para-hydroxylation sites is 2. The van der Waals surface area contributed by atoms with E-state index in [9.17, 15) is 14.0 Å². The number of carbonyl (C=O) groups excluding carboxylic acids is 2. The fourth-order valence-corrected chi connectivity index (χ4v) is 4.46. The summed E-state index contributed by atoms with van der Waals surface area (Å²) in [5.74, 6) is -0.586. The van der Waals surface area contributed by atoms with Crippen molar-refractivity contribution in [2.75, 3.05) is 23.9 Å². The van der Waals surface area contributed by atoms with Crippen LogP contribution in [0.5, 0.6) is 5.75 Å². The summed E-state index contributed by atoms with van der Waals surface area (Å²) in [7, 11) is 1.48. The standard InChI is InChI=1S/C28H24FN3O3/c1-18-16-20(29)10-11-22(18)27(33)30-23-12-9-19(17-26(23)35-2)28(34)32-15-13-21-6-5-14-31(21)24-7-3-4-8-25(24)32/h3-12,14,16-17H,13,15H2,1-2H3,(H,30,33). The normalized spacial score (nSPS) is 12.4. The number of benzene rings is 3. The first-order chi connectivity index (χ1) is 17.0. The number of aryl methyl sites for hydroxylation is 1. The third-order valence-corrected chi connectivity index (χ3v) is 6.23. The van der Waals surface area contributed by atoms with Gasteiger partial charge in [-0.25, -0.2) is 4.39 Å². The molecule has 1 aliphatic rings. The first kappa shape index (κ1) is 22.4. The zero-order valence-electron chi connectivity index (χ0n) is 19.4. The lowest BCUT2D eigenvalue weighted by atomic mass is 10.1. The van der Waals surface area contributed by atoms with Crippen LogP contribution in [0.4, 0.5) is 15.8 Å². The number of halogens is 1. The molecule has 5 rings (SSSR count). The van der Waals surface area contributed by atoms with Crippen LogP contribution < -0.4 is 15.0 Å². The van der Waals surface area contributed by atoms with Crippen LogP contribution in [-0.4, -0.2) is 30.0 Å². The van der Waals surface area contributed by atoms with E-state index in [2.05, 4.69) is 16.0 Å². The highest BCUT2D eigenvalue weighted by Gasteiger charge is 2.25. The number of ether oxygens (including phenoxy) is 1. The van der Waals surface area contributed by atoms with Crippen LogP contribution in [0.25, 0.3) is 5.69 Å². The molecule has 0 unspecified atom stereocenters. The number of methoxy groups -OCH3 is 1. The number of fused-ring (bicyclic) bond motifs is 3. The molecule has 176 valence electrons. The Morgan fingerprint density at radius 2 is 1.77 bits per heavy atom. The van der Waals surface area contributed by atoms with Gasteiger partial charge in [-0.05, 0) is 73.2 Å². The second-order valence-electron chi connectivity index (χ2n) is 8.39. The predicted octanol–water partition coefficient (Wildman–Crippen LogP) is 5.39. The molecule has 2 amide bonds. The minimum atomic E-state index is -0.401. The van der Waals surface area contributed by atoms with Crippen molar-refractivity contribution in [1.29, 1.82) is 0 Å². The van der Waals surface area contributed by atoms with E-state index in [-0.39, 0.29) is 11.8 Å². The highest BCUT2D eigenvalue weighted by Crippen LogP contribution is 2.32. The number of amides is 2. The van der Waals surface area contributed by atoms with Gasteiger partial charge in [0.05, 0.1) is 24.2 Å². The molecule has 35 heavy (non-hydrogen) atoms. The van der Waals surface area contributed by atoms with Crippen LogP contribution >= 0.6 is 0 Å². The number of anilines is 2. The third-order valence-electron chi connectivity index (χ3n) is 6.23. The summed E-state index contributed by atoms with van der Waals surface area (Å²) in [6.07, 6.45) is 2.72. The number of nitrogens with zero attached hydrogens (tertiary/aromatic N) is 2. The van der Waals surface area contributed by atoms with Gasteiger partial charge in [0.1, 0.15) is 11.6 Å². The Morgan fingerprint density at radius 3 is 2.54 bits per heavy atom. The van der Waals surface area contributed by atoms with Crippen molar-refractivity contribution in [3.63, 3.8) is 0 Å². The first-order valence-electron chi connectivity index (χ1n) is 11.3. The first-order valence-corrected chi connectivity index (χ1v) is 11.3. The monoisotopic (exact) mass is 469 g/mol. The van der Waals surface area contributed by atoms with Gasteiger partial charge >= 0.3 is 0 Å². The van der Waals surface area contributed by atoms with Crippen molar-refractivity contribution in [2.45, 2.75) is 13.3 Å². The quantitative estimate of drug-likeness (QED) is 0.436. The smallest absolute Gasteiger partial charge is 0.258 e. The van der Waals surface area contributed by atoms with Gasteiger partial charge < -0.3 is 19.5 Å². The Balaban J connectivity index is 1.43. The maximum Gasteiger partial charge on any atom is 0.258 e. The van der Waals surface area contributed by atoms with Crippen LogP contribution in [-0.2, 0) is 6.42 Å². The van der Waals surface area contributed by atoms with E-state index in [4.69, 9.17) is 4.74 Å². The van der Waals surface area contributed by atoms with Crippen molar-refractivity contribution in [2.24, 2.45) is 0 Å². The average molecular weight is 470 g/mol. The molecule has 2 heterocycles. The molecular formula is C28H24FN3O3. The van der Waals surface area contributed by atoms with Crippen molar-refractivity contribution in [1.82, 2.24) is 4.57 Å². The molecule has 1 aliphatic heterocycles.